The highest BCUT2D eigenvalue weighted by molar-refractivity contribution is 7.80. The van der Waals surface area contributed by atoms with Crippen molar-refractivity contribution < 1.29 is 0 Å². The number of hydrogen-bond acceptors (Lipinski definition) is 2. The highest BCUT2D eigenvalue weighted by Gasteiger charge is 1.96. The van der Waals surface area contributed by atoms with Crippen LogP contribution in [0.15, 0.2) is 18.3 Å². The lowest BCUT2D eigenvalue weighted by Crippen LogP contribution is -2.01. The van der Waals surface area contributed by atoms with Gasteiger partial charge in [-0.2, -0.15) is 12.6 Å². The predicted octanol–water partition coefficient (Wildman–Crippen LogP) is 0.902. The van der Waals surface area contributed by atoms with E-state index in [2.05, 4.69) is 17.6 Å². The third-order valence-electron chi connectivity index (χ3n) is 0.941. The second kappa shape index (κ2) is 2.24. The molecule has 0 saturated heterocycles. The van der Waals surface area contributed by atoms with E-state index < -0.39 is 0 Å². The van der Waals surface area contributed by atoms with Crippen molar-refractivity contribution in [2.24, 2.45) is 5.73 Å². The molecular formula is C5H8N2S. The zero-order valence-electron chi connectivity index (χ0n) is 4.33. The van der Waals surface area contributed by atoms with Crippen LogP contribution in [0.3, 0.4) is 0 Å². The first-order valence-electron chi connectivity index (χ1n) is 2.37. The molecule has 1 heterocycles. The molecule has 1 aromatic heterocycles. The maximum Gasteiger partial charge on any atom is 0.0886 e. The van der Waals surface area contributed by atoms with Crippen LogP contribution in [0, 0.1) is 0 Å². The van der Waals surface area contributed by atoms with Crippen LogP contribution in [0.25, 0.3) is 0 Å². The fourth-order valence-electron chi connectivity index (χ4n) is 0.528. The zero-order valence-corrected chi connectivity index (χ0v) is 5.23. The van der Waals surface area contributed by atoms with Gasteiger partial charge in [-0.1, -0.05) is 0 Å². The maximum atomic E-state index is 5.39. The van der Waals surface area contributed by atoms with Crippen LogP contribution in [0.2, 0.25) is 0 Å². The Bertz CT molecular complexity index is 145. The Morgan fingerprint density at radius 1 is 1.75 bits per heavy atom. The molecule has 8 heavy (non-hydrogen) atoms. The minimum absolute atomic E-state index is 0.176. The van der Waals surface area contributed by atoms with E-state index in [1.165, 1.54) is 0 Å². The second-order valence-corrected chi connectivity index (χ2v) is 2.13. The number of aromatic nitrogens is 1. The van der Waals surface area contributed by atoms with Crippen LogP contribution in [-0.4, -0.2) is 4.98 Å². The number of rotatable bonds is 1. The number of aromatic amines is 1. The lowest BCUT2D eigenvalue weighted by Gasteiger charge is -1.96. The van der Waals surface area contributed by atoms with Crippen LogP contribution in [0.5, 0.6) is 0 Å². The molecule has 1 atom stereocenters. The highest BCUT2D eigenvalue weighted by atomic mass is 32.1. The normalized spacial score (nSPS) is 13.8. The molecule has 0 radical (unpaired) electrons. The highest BCUT2D eigenvalue weighted by Crippen LogP contribution is 2.08. The van der Waals surface area contributed by atoms with Gasteiger partial charge in [0.1, 0.15) is 0 Å². The number of thiol groups is 1. The molecule has 3 N–H and O–H groups in total. The first-order chi connectivity index (χ1) is 3.80. The second-order valence-electron chi connectivity index (χ2n) is 1.57. The number of hydrogen-bond donors (Lipinski definition) is 3. The van der Waals surface area contributed by atoms with Crippen LogP contribution in [0.4, 0.5) is 0 Å². The average Bonchev–Trinajstić information content (AvgIpc) is 2.12. The number of nitrogens with one attached hydrogen (secondary N) is 1. The van der Waals surface area contributed by atoms with Crippen LogP contribution in [0.1, 0.15) is 11.1 Å². The molecule has 44 valence electrons. The zero-order chi connectivity index (χ0) is 5.98. The smallest absolute Gasteiger partial charge is 0.0886 e. The molecule has 0 spiro atoms. The molecule has 0 aromatic carbocycles. The average molecular weight is 128 g/mol. The van der Waals surface area contributed by atoms with E-state index in [1.54, 1.807) is 0 Å². The summed E-state index contributed by atoms with van der Waals surface area (Å²) in [6.07, 6.45) is 1.82. The van der Waals surface area contributed by atoms with Gasteiger partial charge in [-0.3, -0.25) is 0 Å². The molecule has 0 fully saturated rings. The van der Waals surface area contributed by atoms with Crippen LogP contribution in [-0.2, 0) is 0 Å². The summed E-state index contributed by atoms with van der Waals surface area (Å²) < 4.78 is 0. The number of nitrogens with two attached hydrogens (primary N) is 1. The Morgan fingerprint density at radius 2 is 2.50 bits per heavy atom. The van der Waals surface area contributed by atoms with Gasteiger partial charge in [-0.15, -0.1) is 0 Å². The van der Waals surface area contributed by atoms with E-state index in [1.807, 2.05) is 18.3 Å². The van der Waals surface area contributed by atoms with Crippen LogP contribution < -0.4 is 5.73 Å². The Morgan fingerprint density at radius 3 is 2.75 bits per heavy atom. The van der Waals surface area contributed by atoms with E-state index in [0.29, 0.717) is 0 Å². The molecule has 0 aliphatic heterocycles. The summed E-state index contributed by atoms with van der Waals surface area (Å²) in [5.41, 5.74) is 6.34. The third kappa shape index (κ3) is 1.05. The molecule has 0 aliphatic rings. The largest absolute Gasteiger partial charge is 0.363 e. The molecule has 0 saturated carbocycles. The fraction of sp³-hybridized carbons (Fsp3) is 0.200. The fourth-order valence-corrected chi connectivity index (χ4v) is 0.689. The molecule has 1 unspecified atom stereocenters. The van der Waals surface area contributed by atoms with Crippen molar-refractivity contribution in [1.29, 1.82) is 0 Å². The quantitative estimate of drug-likeness (QED) is 0.382. The van der Waals surface area contributed by atoms with Gasteiger partial charge < -0.3 is 10.7 Å². The van der Waals surface area contributed by atoms with Crippen molar-refractivity contribution in [1.82, 2.24) is 4.98 Å². The maximum absolute atomic E-state index is 5.39. The Labute approximate surface area is 53.5 Å². The molecule has 1 aromatic rings. The van der Waals surface area contributed by atoms with Gasteiger partial charge in [0.05, 0.1) is 5.37 Å². The Balaban J connectivity index is 2.77. The lowest BCUT2D eigenvalue weighted by atomic mass is 10.4. The van der Waals surface area contributed by atoms with Crippen molar-refractivity contribution in [2.45, 2.75) is 5.37 Å². The summed E-state index contributed by atoms with van der Waals surface area (Å²) in [5, 5.41) is -0.176. The molecule has 0 bridgehead atoms. The van der Waals surface area contributed by atoms with Crippen molar-refractivity contribution >= 4 is 12.6 Å². The van der Waals surface area contributed by atoms with Crippen molar-refractivity contribution in [3.8, 4) is 0 Å². The number of H-pyrrole nitrogens is 1. The first-order valence-corrected chi connectivity index (χ1v) is 2.89. The van der Waals surface area contributed by atoms with Crippen molar-refractivity contribution in [3.05, 3.63) is 24.0 Å². The monoisotopic (exact) mass is 128 g/mol. The van der Waals surface area contributed by atoms with E-state index in [0.717, 1.165) is 5.69 Å². The van der Waals surface area contributed by atoms with Gasteiger partial charge in [-0.05, 0) is 12.1 Å². The topological polar surface area (TPSA) is 41.8 Å². The minimum atomic E-state index is -0.176. The minimum Gasteiger partial charge on any atom is -0.363 e. The predicted molar refractivity (Wildman–Crippen MR) is 36.7 cm³/mol. The summed E-state index contributed by atoms with van der Waals surface area (Å²) >= 11 is 4.00. The van der Waals surface area contributed by atoms with Gasteiger partial charge in [0.15, 0.2) is 0 Å². The standard InChI is InChI=1S/C5H8N2S/c6-5(8)4-2-1-3-7-4/h1-3,5,7-8H,6H2. The molecule has 1 rings (SSSR count). The Hall–Kier alpha value is -0.410. The molecule has 0 amide bonds. The summed E-state index contributed by atoms with van der Waals surface area (Å²) in [4.78, 5) is 2.94. The SMILES string of the molecule is NC(S)c1ccc[nH]1. The third-order valence-corrected chi connectivity index (χ3v) is 1.22. The molecular weight excluding hydrogens is 120 g/mol. The summed E-state index contributed by atoms with van der Waals surface area (Å²) in [7, 11) is 0. The summed E-state index contributed by atoms with van der Waals surface area (Å²) in [5.74, 6) is 0. The molecule has 0 aliphatic carbocycles. The summed E-state index contributed by atoms with van der Waals surface area (Å²) in [6.45, 7) is 0. The van der Waals surface area contributed by atoms with E-state index in [9.17, 15) is 0 Å². The first kappa shape index (κ1) is 5.72. The van der Waals surface area contributed by atoms with Gasteiger partial charge in [0.25, 0.3) is 0 Å². The molecule has 2 nitrogen and oxygen atoms in total. The van der Waals surface area contributed by atoms with Gasteiger partial charge >= 0.3 is 0 Å². The van der Waals surface area contributed by atoms with E-state index >= 15 is 0 Å². The molecule has 3 heteroatoms. The van der Waals surface area contributed by atoms with E-state index in [4.69, 9.17) is 5.73 Å². The van der Waals surface area contributed by atoms with Gasteiger partial charge in [-0.25, -0.2) is 0 Å². The summed E-state index contributed by atoms with van der Waals surface area (Å²) in [6, 6.07) is 3.79. The van der Waals surface area contributed by atoms with Gasteiger partial charge in [0.2, 0.25) is 0 Å². The van der Waals surface area contributed by atoms with Crippen molar-refractivity contribution in [2.75, 3.05) is 0 Å². The Kier molecular flexibility index (Phi) is 1.60. The lowest BCUT2D eigenvalue weighted by molar-refractivity contribution is 0.989. The van der Waals surface area contributed by atoms with Crippen LogP contribution >= 0.6 is 12.6 Å². The van der Waals surface area contributed by atoms with Crippen molar-refractivity contribution in [3.63, 3.8) is 0 Å². The van der Waals surface area contributed by atoms with E-state index in [-0.39, 0.29) is 5.37 Å². The van der Waals surface area contributed by atoms with Gasteiger partial charge in [0, 0.05) is 11.9 Å².